The van der Waals surface area contributed by atoms with Crippen molar-refractivity contribution in [1.29, 1.82) is 0 Å². The van der Waals surface area contributed by atoms with Gasteiger partial charge < -0.3 is 39.7 Å². The highest BCUT2D eigenvalue weighted by molar-refractivity contribution is 6.29. The third-order valence-electron chi connectivity index (χ3n) is 18.2. The number of hydrogen-bond acceptors (Lipinski definition) is 21. The topological polar surface area (TPSA) is 275 Å². The van der Waals surface area contributed by atoms with Crippen LogP contribution in [0.25, 0.3) is 51.5 Å². The van der Waals surface area contributed by atoms with Gasteiger partial charge in [-0.3, -0.25) is 18.0 Å². The number of rotatable bonds is 5. The number of halogens is 13. The molecule has 0 unspecified atom stereocenters. The fraction of sp³-hybridized carbons (Fsp3) is 0.500. The summed E-state index contributed by atoms with van der Waals surface area (Å²) in [5, 5.41) is 6.89. The number of fused-ring (bicyclic) bond motifs is 3. The van der Waals surface area contributed by atoms with Crippen molar-refractivity contribution in [3.63, 3.8) is 0 Å². The van der Waals surface area contributed by atoms with E-state index in [1.807, 2.05) is 52.5 Å². The lowest BCUT2D eigenvalue weighted by Crippen LogP contribution is -2.62. The zero-order valence-corrected chi connectivity index (χ0v) is 58.2. The summed E-state index contributed by atoms with van der Waals surface area (Å²) in [6.45, 7) is 22.1. The molecule has 26 nitrogen and oxygen atoms in total. The molecule has 0 radical (unpaired) electrons. The van der Waals surface area contributed by atoms with Crippen LogP contribution in [-0.2, 0) is 32.8 Å². The standard InChI is InChI=1S/C23H26F3N7O2.C18H18F3N7.C12H22N2O2.C11H5ClF3N5.C2HF3O/c1-21(2,3)35-20(34)32-13-22(14-32)5-8-31(9-6-22)17-4-7-27-19(30-17)15-10-29-18-11-28-16(12-33(15)18)23(24,25)26;19-18(20,21)13-9-28-12(7-25-15(28)8-24-13)16-23-4-1-14(26-16)27-5-2-17(3-6-27)10-22-11-17;1-11(2,3)16-10(15)14-8-12(9-14)4-6-13-7-5-12;12-8-1-2-16-10(19-8)6-3-18-9-4-17-7(5-20(6)9)11(13,14)15;3-2(4,5)1-6/h4,7,10-12H,5-6,8-9,13-14H2,1-3H3;1,4,7-9,22H,2-3,5-6,10-11H2;13H,4-9H2,1-3H3;1-5H;1H. The highest BCUT2D eigenvalue weighted by Crippen LogP contribution is 2.43. The second kappa shape index (κ2) is 29.7. The molecule has 3 spiro atoms. The molecular weight excluding hydrogens is 1430 g/mol. The van der Waals surface area contributed by atoms with Gasteiger partial charge in [0.25, 0.3) is 0 Å². The van der Waals surface area contributed by atoms with Gasteiger partial charge in [0.05, 0.1) is 37.2 Å². The number of ether oxygens (including phenoxy) is 2. The van der Waals surface area contributed by atoms with Gasteiger partial charge in [-0.25, -0.2) is 69.4 Å². The highest BCUT2D eigenvalue weighted by atomic mass is 35.5. The molecule has 0 aromatic carbocycles. The molecule has 0 atom stereocenters. The van der Waals surface area contributed by atoms with Crippen molar-refractivity contribution < 1.29 is 76.5 Å². The smallest absolute Gasteiger partial charge is 0.444 e. The Morgan fingerprint density at radius 3 is 1.10 bits per heavy atom. The van der Waals surface area contributed by atoms with Crippen molar-refractivity contribution in [1.82, 2.24) is 93.4 Å². The van der Waals surface area contributed by atoms with Crippen molar-refractivity contribution in [2.75, 3.05) is 88.3 Å². The highest BCUT2D eigenvalue weighted by Gasteiger charge is 2.49. The average Bonchev–Trinajstić information content (AvgIpc) is 1.75. The average molecular weight is 1500 g/mol. The van der Waals surface area contributed by atoms with Crippen LogP contribution in [0.5, 0.6) is 0 Å². The molecular formula is C66H72ClF12N21O5. The van der Waals surface area contributed by atoms with E-state index < -0.39 is 53.7 Å². The molecule has 15 heterocycles. The molecule has 6 saturated heterocycles. The van der Waals surface area contributed by atoms with E-state index in [-0.39, 0.29) is 51.3 Å². The van der Waals surface area contributed by atoms with Crippen LogP contribution in [0.3, 0.4) is 0 Å². The first-order valence-corrected chi connectivity index (χ1v) is 33.4. The summed E-state index contributed by atoms with van der Waals surface area (Å²) in [6, 6.07) is 5.10. The van der Waals surface area contributed by atoms with E-state index in [0.29, 0.717) is 58.3 Å². The Hall–Kier alpha value is -9.72. The first-order valence-electron chi connectivity index (χ1n) is 33.0. The van der Waals surface area contributed by atoms with E-state index in [1.54, 1.807) is 23.4 Å². The molecule has 562 valence electrons. The second-order valence-electron chi connectivity index (χ2n) is 28.3. The number of aldehydes is 1. The van der Waals surface area contributed by atoms with Crippen molar-refractivity contribution >= 4 is 58.7 Å². The molecule has 0 aliphatic carbocycles. The van der Waals surface area contributed by atoms with Crippen molar-refractivity contribution in [2.24, 2.45) is 16.2 Å². The second-order valence-corrected chi connectivity index (χ2v) is 28.7. The summed E-state index contributed by atoms with van der Waals surface area (Å²) >= 11 is 5.74. The van der Waals surface area contributed by atoms with E-state index in [0.717, 1.165) is 134 Å². The lowest BCUT2D eigenvalue weighted by Gasteiger charge is -2.53. The summed E-state index contributed by atoms with van der Waals surface area (Å²) in [4.78, 5) is 88.8. The number of carbonyl (C=O) groups is 3. The van der Waals surface area contributed by atoms with E-state index >= 15 is 0 Å². The fourth-order valence-corrected chi connectivity index (χ4v) is 12.8. The Kier molecular flexibility index (Phi) is 21.6. The zero-order chi connectivity index (χ0) is 75.7. The number of hydrogen-bond donors (Lipinski definition) is 2. The van der Waals surface area contributed by atoms with Crippen LogP contribution in [0.4, 0.5) is 73.9 Å². The van der Waals surface area contributed by atoms with Crippen molar-refractivity contribution in [3.8, 4) is 34.6 Å². The number of aromatic nitrogens is 15. The molecule has 2 N–H and O–H groups in total. The van der Waals surface area contributed by atoms with Gasteiger partial charge in [-0.15, -0.1) is 0 Å². The maximum atomic E-state index is 13.1. The van der Waals surface area contributed by atoms with E-state index in [4.69, 9.17) is 25.9 Å². The molecule has 0 saturated carbocycles. The van der Waals surface area contributed by atoms with Gasteiger partial charge >= 0.3 is 36.9 Å². The molecule has 6 fully saturated rings. The van der Waals surface area contributed by atoms with Gasteiger partial charge in [-0.2, -0.15) is 52.7 Å². The molecule has 6 aliphatic heterocycles. The molecule has 6 aliphatic rings. The van der Waals surface area contributed by atoms with Gasteiger partial charge in [0.2, 0.25) is 6.29 Å². The van der Waals surface area contributed by atoms with Crippen LogP contribution in [-0.4, -0.2) is 197 Å². The fourth-order valence-electron chi connectivity index (χ4n) is 12.6. The Morgan fingerprint density at radius 2 is 0.790 bits per heavy atom. The van der Waals surface area contributed by atoms with Gasteiger partial charge in [0.15, 0.2) is 51.5 Å². The predicted octanol–water partition coefficient (Wildman–Crippen LogP) is 11.7. The number of imidazole rings is 3. The van der Waals surface area contributed by atoms with Crippen LogP contribution in [0, 0.1) is 16.2 Å². The van der Waals surface area contributed by atoms with E-state index in [1.165, 1.54) is 56.9 Å². The van der Waals surface area contributed by atoms with Crippen LogP contribution in [0.1, 0.15) is 97.1 Å². The largest absolute Gasteiger partial charge is 0.446 e. The molecule has 9 aromatic rings. The lowest BCUT2D eigenvalue weighted by atomic mass is 9.72. The van der Waals surface area contributed by atoms with Crippen LogP contribution >= 0.6 is 11.6 Å². The van der Waals surface area contributed by atoms with Gasteiger partial charge in [-0.1, -0.05) is 11.6 Å². The SMILES string of the molecule is CC(C)(C)OC(=O)N1CC2(CCN(c3ccnc(-c4cnc5cnc(C(F)(F)F)cn45)n3)CC2)C1.CC(C)(C)OC(=O)N1CC2(CCNCC2)C1.FC(F)(F)c1cn2c(-c3nccc(Cl)n3)cnc2cn1.FC(F)(F)c1cn2c(-c3nccc(N4CCC5(CC4)CNC5)n3)cnc2cn1.O=CC(F)(F)F. The number of nitrogens with one attached hydrogen (secondary N) is 2. The normalized spacial score (nSPS) is 17.7. The first-order chi connectivity index (χ1) is 49.3. The summed E-state index contributed by atoms with van der Waals surface area (Å²) in [7, 11) is 0. The van der Waals surface area contributed by atoms with Gasteiger partial charge in [0.1, 0.15) is 45.1 Å². The quantitative estimate of drug-likeness (QED) is 0.0920. The number of amides is 2. The molecule has 0 bridgehead atoms. The maximum absolute atomic E-state index is 13.1. The molecule has 15 rings (SSSR count). The predicted molar refractivity (Wildman–Crippen MR) is 355 cm³/mol. The van der Waals surface area contributed by atoms with Gasteiger partial charge in [-0.05, 0) is 117 Å². The third-order valence-corrected chi connectivity index (χ3v) is 18.4. The van der Waals surface area contributed by atoms with Gasteiger partial charge in [0, 0.05) is 113 Å². The van der Waals surface area contributed by atoms with E-state index in [9.17, 15) is 62.3 Å². The minimum Gasteiger partial charge on any atom is -0.444 e. The minimum absolute atomic E-state index is 0.0892. The van der Waals surface area contributed by atoms with Crippen molar-refractivity contribution in [3.05, 3.63) is 115 Å². The molecule has 105 heavy (non-hydrogen) atoms. The monoisotopic (exact) mass is 1500 g/mol. The number of carbonyl (C=O) groups excluding carboxylic acids is 3. The summed E-state index contributed by atoms with van der Waals surface area (Å²) < 4.78 is 162. The lowest BCUT2D eigenvalue weighted by molar-refractivity contribution is -0.156. The number of anilines is 2. The summed E-state index contributed by atoms with van der Waals surface area (Å²) in [6.07, 6.45) is 1.48. The van der Waals surface area contributed by atoms with Crippen LogP contribution in [0.15, 0.2) is 92.6 Å². The minimum atomic E-state index is -4.64. The zero-order valence-electron chi connectivity index (χ0n) is 57.4. The number of alkyl halides is 12. The molecule has 9 aromatic heterocycles. The number of nitrogens with zero attached hydrogens (tertiary/aromatic N) is 19. The Bertz CT molecular complexity index is 4550. The molecule has 2 amide bonds. The van der Waals surface area contributed by atoms with Crippen LogP contribution < -0.4 is 20.4 Å². The maximum Gasteiger partial charge on any atom is 0.446 e. The Balaban J connectivity index is 0.000000141. The van der Waals surface area contributed by atoms with E-state index in [2.05, 4.69) is 80.2 Å². The van der Waals surface area contributed by atoms with Crippen LogP contribution in [0.2, 0.25) is 5.15 Å². The Morgan fingerprint density at radius 1 is 0.457 bits per heavy atom. The Labute approximate surface area is 596 Å². The van der Waals surface area contributed by atoms with Crippen molar-refractivity contribution in [2.45, 2.75) is 116 Å². The number of piperidine rings is 3. The summed E-state index contributed by atoms with van der Waals surface area (Å²) in [5.74, 6) is 2.30. The molecule has 39 heteroatoms. The first kappa shape index (κ1) is 76.4. The number of likely N-dealkylation sites (tertiary alicyclic amines) is 2. The third kappa shape index (κ3) is 18.7. The summed E-state index contributed by atoms with van der Waals surface area (Å²) in [5.41, 5.74) is -1.09.